The Morgan fingerprint density at radius 1 is 0.667 bits per heavy atom. The number of hydrogen-bond donors (Lipinski definition) is 0. The van der Waals surface area contributed by atoms with Gasteiger partial charge in [0.2, 0.25) is 0 Å². The summed E-state index contributed by atoms with van der Waals surface area (Å²) in [6.45, 7) is 8.71. The molecule has 0 unspecified atom stereocenters. The molecule has 3 aromatic carbocycles. The molecule has 0 fully saturated rings. The highest BCUT2D eigenvalue weighted by Gasteiger charge is 2.17. The van der Waals surface area contributed by atoms with Crippen LogP contribution in [-0.2, 0) is 34.0 Å². The quantitative estimate of drug-likeness (QED) is 0.266. The average molecular weight is 445 g/mol. The fraction of sp³-hybridized carbons (Fsp3) is 0.333. The van der Waals surface area contributed by atoms with Crippen molar-refractivity contribution < 1.29 is 14.2 Å². The molecule has 3 heteroatoms. The van der Waals surface area contributed by atoms with Crippen LogP contribution >= 0.6 is 0 Å². The summed E-state index contributed by atoms with van der Waals surface area (Å²) in [5, 5.41) is 0. The van der Waals surface area contributed by atoms with Gasteiger partial charge in [-0.1, -0.05) is 104 Å². The number of rotatable bonds is 13. The second-order valence-electron chi connectivity index (χ2n) is 8.56. The molecule has 0 radical (unpaired) electrons. The summed E-state index contributed by atoms with van der Waals surface area (Å²) in [6.07, 6.45) is 2.25. The van der Waals surface area contributed by atoms with Crippen LogP contribution in [-0.4, -0.2) is 18.8 Å². The van der Waals surface area contributed by atoms with Gasteiger partial charge in [0.15, 0.2) is 0 Å². The molecule has 0 heterocycles. The first-order valence-corrected chi connectivity index (χ1v) is 11.7. The minimum absolute atomic E-state index is 0.0974. The summed E-state index contributed by atoms with van der Waals surface area (Å²) in [7, 11) is 0. The third kappa shape index (κ3) is 8.97. The highest BCUT2D eigenvalue weighted by atomic mass is 16.5. The minimum Gasteiger partial charge on any atom is -0.374 e. The Morgan fingerprint density at radius 3 is 1.64 bits per heavy atom. The van der Waals surface area contributed by atoms with Crippen molar-refractivity contribution in [2.24, 2.45) is 5.92 Å². The van der Waals surface area contributed by atoms with Crippen molar-refractivity contribution in [2.75, 3.05) is 6.61 Å². The maximum Gasteiger partial charge on any atom is 0.102 e. The lowest BCUT2D eigenvalue weighted by atomic mass is 10.0. The van der Waals surface area contributed by atoms with E-state index in [1.807, 2.05) is 54.6 Å². The first-order chi connectivity index (χ1) is 16.1. The van der Waals surface area contributed by atoms with Crippen molar-refractivity contribution in [1.82, 2.24) is 0 Å². The summed E-state index contributed by atoms with van der Waals surface area (Å²) in [5.74, 6) is 0.255. The van der Waals surface area contributed by atoms with E-state index in [2.05, 4.69) is 63.2 Å². The molecule has 0 aromatic heterocycles. The fourth-order valence-corrected chi connectivity index (χ4v) is 3.55. The molecule has 3 aromatic rings. The van der Waals surface area contributed by atoms with Crippen LogP contribution in [0.25, 0.3) is 0 Å². The molecule has 3 rings (SSSR count). The Hall–Kier alpha value is -2.72. The number of benzene rings is 3. The lowest BCUT2D eigenvalue weighted by Gasteiger charge is -2.23. The van der Waals surface area contributed by atoms with E-state index in [4.69, 9.17) is 14.2 Å². The van der Waals surface area contributed by atoms with Crippen molar-refractivity contribution in [3.05, 3.63) is 119 Å². The first kappa shape index (κ1) is 24.9. The van der Waals surface area contributed by atoms with E-state index >= 15 is 0 Å². The molecule has 0 saturated carbocycles. The van der Waals surface area contributed by atoms with Crippen molar-refractivity contribution in [2.45, 2.75) is 52.8 Å². The average Bonchev–Trinajstić information content (AvgIpc) is 2.86. The zero-order valence-corrected chi connectivity index (χ0v) is 20.0. The van der Waals surface area contributed by atoms with Gasteiger partial charge in [0.1, 0.15) is 6.10 Å². The van der Waals surface area contributed by atoms with Gasteiger partial charge in [-0.25, -0.2) is 0 Å². The van der Waals surface area contributed by atoms with E-state index in [-0.39, 0.29) is 18.1 Å². The van der Waals surface area contributed by atoms with Crippen molar-refractivity contribution in [3.8, 4) is 0 Å². The van der Waals surface area contributed by atoms with E-state index in [0.717, 1.165) is 11.1 Å². The third-order valence-corrected chi connectivity index (χ3v) is 5.80. The van der Waals surface area contributed by atoms with Gasteiger partial charge in [-0.05, 0) is 36.1 Å². The molecule has 0 bridgehead atoms. The van der Waals surface area contributed by atoms with E-state index in [1.165, 1.54) is 11.1 Å². The maximum atomic E-state index is 6.30. The smallest absolute Gasteiger partial charge is 0.102 e. The van der Waals surface area contributed by atoms with Gasteiger partial charge in [-0.15, -0.1) is 0 Å². The van der Waals surface area contributed by atoms with E-state index < -0.39 is 0 Å². The predicted molar refractivity (Wildman–Crippen MR) is 135 cm³/mol. The van der Waals surface area contributed by atoms with Gasteiger partial charge in [-0.3, -0.25) is 0 Å². The van der Waals surface area contributed by atoms with Crippen LogP contribution < -0.4 is 0 Å². The highest BCUT2D eigenvalue weighted by molar-refractivity contribution is 5.16. The lowest BCUT2D eigenvalue weighted by molar-refractivity contribution is -0.0120. The number of hydrogen-bond acceptors (Lipinski definition) is 3. The van der Waals surface area contributed by atoms with Crippen molar-refractivity contribution in [1.29, 1.82) is 0 Å². The monoisotopic (exact) mass is 444 g/mol. The van der Waals surface area contributed by atoms with Gasteiger partial charge < -0.3 is 14.2 Å². The molecule has 174 valence electrons. The molecule has 3 nitrogen and oxygen atoms in total. The van der Waals surface area contributed by atoms with Crippen LogP contribution in [0.2, 0.25) is 0 Å². The molecule has 33 heavy (non-hydrogen) atoms. The second-order valence-corrected chi connectivity index (χ2v) is 8.56. The molecule has 0 aliphatic rings. The Labute approximate surface area is 199 Å². The van der Waals surface area contributed by atoms with Gasteiger partial charge in [-0.2, -0.15) is 0 Å². The topological polar surface area (TPSA) is 27.7 Å². The maximum absolute atomic E-state index is 6.30. The van der Waals surface area contributed by atoms with Crippen LogP contribution in [0.5, 0.6) is 0 Å². The van der Waals surface area contributed by atoms with Crippen LogP contribution in [0.15, 0.2) is 103 Å². The zero-order valence-electron chi connectivity index (χ0n) is 20.0. The fourth-order valence-electron chi connectivity index (χ4n) is 3.55. The number of ether oxygens (including phenoxy) is 3. The molecule has 0 amide bonds. The first-order valence-electron chi connectivity index (χ1n) is 11.7. The van der Waals surface area contributed by atoms with Crippen LogP contribution in [0.4, 0.5) is 0 Å². The minimum atomic E-state index is -0.113. The van der Waals surface area contributed by atoms with Gasteiger partial charge in [0.25, 0.3) is 0 Å². The Balaban J connectivity index is 1.58. The Morgan fingerprint density at radius 2 is 1.12 bits per heavy atom. The SMILES string of the molecule is C/C(=C\[C@@H](C)[C@H](C)OCc1ccccc1)[C@@H](COCc1ccccc1)OCc1ccccc1. The van der Waals surface area contributed by atoms with Crippen molar-refractivity contribution >= 4 is 0 Å². The summed E-state index contributed by atoms with van der Waals surface area (Å²) < 4.78 is 18.5. The third-order valence-electron chi connectivity index (χ3n) is 5.80. The van der Waals surface area contributed by atoms with E-state index in [1.54, 1.807) is 0 Å². The lowest BCUT2D eigenvalue weighted by Crippen LogP contribution is -2.23. The Bertz CT molecular complexity index is 938. The molecular formula is C30H36O3. The molecule has 0 aliphatic carbocycles. The predicted octanol–water partition coefficient (Wildman–Crippen LogP) is 6.98. The molecular weight excluding hydrogens is 408 g/mol. The second kappa shape index (κ2) is 13.7. The van der Waals surface area contributed by atoms with Gasteiger partial charge in [0, 0.05) is 5.92 Å². The summed E-state index contributed by atoms with van der Waals surface area (Å²) in [4.78, 5) is 0. The molecule has 0 aliphatic heterocycles. The van der Waals surface area contributed by atoms with Crippen LogP contribution in [0.1, 0.15) is 37.5 Å². The standard InChI is InChI=1S/C30H36O3/c1-24(26(3)32-21-28-15-9-5-10-16-28)19-25(2)30(33-22-29-17-11-6-12-18-29)23-31-20-27-13-7-4-8-14-27/h4-19,24,26,30H,20-23H2,1-3H3/b25-19+/t24-,26+,30-/m1/s1. The van der Waals surface area contributed by atoms with E-state index in [0.29, 0.717) is 26.4 Å². The summed E-state index contributed by atoms with van der Waals surface area (Å²) in [5.41, 5.74) is 4.68. The molecule has 0 saturated heterocycles. The summed E-state index contributed by atoms with van der Waals surface area (Å²) in [6, 6.07) is 30.8. The van der Waals surface area contributed by atoms with Crippen molar-refractivity contribution in [3.63, 3.8) is 0 Å². The van der Waals surface area contributed by atoms with Gasteiger partial charge in [0.05, 0.1) is 32.5 Å². The summed E-state index contributed by atoms with van der Waals surface area (Å²) >= 11 is 0. The van der Waals surface area contributed by atoms with Crippen LogP contribution in [0.3, 0.4) is 0 Å². The Kier molecular flexibility index (Phi) is 10.4. The molecule has 0 N–H and O–H groups in total. The zero-order chi connectivity index (χ0) is 23.3. The largest absolute Gasteiger partial charge is 0.374 e. The molecule has 0 spiro atoms. The highest BCUT2D eigenvalue weighted by Crippen LogP contribution is 2.18. The van der Waals surface area contributed by atoms with Crippen LogP contribution in [0, 0.1) is 5.92 Å². The van der Waals surface area contributed by atoms with Gasteiger partial charge >= 0.3 is 0 Å². The van der Waals surface area contributed by atoms with E-state index in [9.17, 15) is 0 Å². The normalized spacial score (nSPS) is 14.6. The molecule has 3 atom stereocenters.